The molecule has 92 valence electrons. The van der Waals surface area contributed by atoms with E-state index in [0.29, 0.717) is 0 Å². The zero-order valence-corrected chi connectivity index (χ0v) is 10.4. The molecule has 0 heterocycles. The highest BCUT2D eigenvalue weighted by atomic mass is 16.5. The van der Waals surface area contributed by atoms with Crippen LogP contribution in [0.3, 0.4) is 0 Å². The highest BCUT2D eigenvalue weighted by Gasteiger charge is 2.39. The summed E-state index contributed by atoms with van der Waals surface area (Å²) in [6.07, 6.45) is 7.44. The second-order valence-electron chi connectivity index (χ2n) is 5.65. The SMILES string of the molecule is COC(=O)C(C)(CC1CCC1)NCC1CC1. The molecule has 3 heteroatoms. The maximum Gasteiger partial charge on any atom is 0.325 e. The Morgan fingerprint density at radius 3 is 2.44 bits per heavy atom. The molecular weight excluding hydrogens is 202 g/mol. The molecular formula is C13H23NO2. The lowest BCUT2D eigenvalue weighted by atomic mass is 9.76. The summed E-state index contributed by atoms with van der Waals surface area (Å²) in [6.45, 7) is 2.97. The molecule has 2 saturated carbocycles. The first kappa shape index (κ1) is 11.9. The molecule has 0 bridgehead atoms. The quantitative estimate of drug-likeness (QED) is 0.704. The lowest BCUT2D eigenvalue weighted by Gasteiger charge is -2.35. The third kappa shape index (κ3) is 2.76. The lowest BCUT2D eigenvalue weighted by Crippen LogP contribution is -2.52. The van der Waals surface area contributed by atoms with Crippen LogP contribution in [0.25, 0.3) is 0 Å². The van der Waals surface area contributed by atoms with Crippen LogP contribution >= 0.6 is 0 Å². The van der Waals surface area contributed by atoms with Crippen molar-refractivity contribution in [2.75, 3.05) is 13.7 Å². The Labute approximate surface area is 97.9 Å². The van der Waals surface area contributed by atoms with E-state index in [1.54, 1.807) is 0 Å². The van der Waals surface area contributed by atoms with E-state index in [1.807, 2.05) is 6.92 Å². The number of hydrogen-bond donors (Lipinski definition) is 1. The summed E-state index contributed by atoms with van der Waals surface area (Å²) < 4.78 is 4.94. The standard InChI is InChI=1S/C13H23NO2/c1-13(12(15)16-2,8-10-4-3-5-10)14-9-11-6-7-11/h10-11,14H,3-9H2,1-2H3. The van der Waals surface area contributed by atoms with E-state index >= 15 is 0 Å². The molecule has 0 aromatic carbocycles. The molecule has 0 spiro atoms. The number of carbonyl (C=O) groups excluding carboxylic acids is 1. The third-order valence-corrected chi connectivity index (χ3v) is 4.04. The van der Waals surface area contributed by atoms with Gasteiger partial charge in [-0.15, -0.1) is 0 Å². The van der Waals surface area contributed by atoms with Gasteiger partial charge in [0.15, 0.2) is 0 Å². The van der Waals surface area contributed by atoms with Crippen LogP contribution in [0.4, 0.5) is 0 Å². The van der Waals surface area contributed by atoms with Gasteiger partial charge < -0.3 is 10.1 Å². The zero-order chi connectivity index (χ0) is 11.6. The van der Waals surface area contributed by atoms with E-state index < -0.39 is 5.54 Å². The van der Waals surface area contributed by atoms with Crippen LogP contribution in [0.1, 0.15) is 45.4 Å². The predicted molar refractivity (Wildman–Crippen MR) is 63.1 cm³/mol. The van der Waals surface area contributed by atoms with E-state index in [2.05, 4.69) is 5.32 Å². The zero-order valence-electron chi connectivity index (χ0n) is 10.4. The Morgan fingerprint density at radius 1 is 1.31 bits per heavy atom. The molecule has 0 aromatic heterocycles. The van der Waals surface area contributed by atoms with Crippen LogP contribution in [-0.2, 0) is 9.53 Å². The summed E-state index contributed by atoms with van der Waals surface area (Å²) >= 11 is 0. The molecule has 0 radical (unpaired) electrons. The summed E-state index contributed by atoms with van der Waals surface area (Å²) in [5, 5.41) is 3.43. The van der Waals surface area contributed by atoms with Gasteiger partial charge >= 0.3 is 5.97 Å². The van der Waals surface area contributed by atoms with Gasteiger partial charge in [0, 0.05) is 0 Å². The average Bonchev–Trinajstić information content (AvgIpc) is 3.03. The first-order valence-electron chi connectivity index (χ1n) is 6.47. The number of esters is 1. The number of nitrogens with one attached hydrogen (secondary N) is 1. The summed E-state index contributed by atoms with van der Waals surface area (Å²) in [6, 6.07) is 0. The molecule has 2 aliphatic carbocycles. The van der Waals surface area contributed by atoms with Gasteiger partial charge in [0.2, 0.25) is 0 Å². The van der Waals surface area contributed by atoms with Crippen molar-refractivity contribution in [1.29, 1.82) is 0 Å². The van der Waals surface area contributed by atoms with Crippen LogP contribution in [0.5, 0.6) is 0 Å². The maximum absolute atomic E-state index is 11.9. The van der Waals surface area contributed by atoms with Gasteiger partial charge in [0.25, 0.3) is 0 Å². The van der Waals surface area contributed by atoms with Crippen molar-refractivity contribution in [3.63, 3.8) is 0 Å². The molecule has 0 aromatic rings. The minimum absolute atomic E-state index is 0.0972. The molecule has 0 amide bonds. The molecule has 1 unspecified atom stereocenters. The average molecular weight is 225 g/mol. The normalized spacial score (nSPS) is 24.6. The van der Waals surface area contributed by atoms with E-state index in [0.717, 1.165) is 24.8 Å². The van der Waals surface area contributed by atoms with Gasteiger partial charge in [-0.1, -0.05) is 19.3 Å². The van der Waals surface area contributed by atoms with E-state index in [1.165, 1.54) is 39.2 Å². The Bertz CT molecular complexity index is 259. The summed E-state index contributed by atoms with van der Waals surface area (Å²) in [5.41, 5.74) is -0.456. The third-order valence-electron chi connectivity index (χ3n) is 4.04. The number of hydrogen-bond acceptors (Lipinski definition) is 3. The first-order valence-corrected chi connectivity index (χ1v) is 6.47. The highest BCUT2D eigenvalue weighted by Crippen LogP contribution is 2.35. The maximum atomic E-state index is 11.9. The summed E-state index contributed by atoms with van der Waals surface area (Å²) in [5.74, 6) is 1.42. The monoisotopic (exact) mass is 225 g/mol. The Morgan fingerprint density at radius 2 is 2.00 bits per heavy atom. The van der Waals surface area contributed by atoms with E-state index in [-0.39, 0.29) is 5.97 Å². The van der Waals surface area contributed by atoms with Gasteiger partial charge in [0.05, 0.1) is 7.11 Å². The van der Waals surface area contributed by atoms with Gasteiger partial charge in [-0.2, -0.15) is 0 Å². The van der Waals surface area contributed by atoms with E-state index in [9.17, 15) is 4.79 Å². The molecule has 3 nitrogen and oxygen atoms in total. The molecule has 2 rings (SSSR count). The first-order chi connectivity index (χ1) is 7.64. The van der Waals surface area contributed by atoms with Gasteiger partial charge in [-0.05, 0) is 44.6 Å². The fraction of sp³-hybridized carbons (Fsp3) is 0.923. The van der Waals surface area contributed by atoms with Crippen molar-refractivity contribution in [3.8, 4) is 0 Å². The Hall–Kier alpha value is -0.570. The smallest absolute Gasteiger partial charge is 0.325 e. The molecule has 0 aliphatic heterocycles. The van der Waals surface area contributed by atoms with Crippen molar-refractivity contribution < 1.29 is 9.53 Å². The van der Waals surface area contributed by atoms with Crippen molar-refractivity contribution in [3.05, 3.63) is 0 Å². The number of methoxy groups -OCH3 is 1. The number of carbonyl (C=O) groups is 1. The lowest BCUT2D eigenvalue weighted by molar-refractivity contribution is -0.149. The number of rotatable bonds is 6. The van der Waals surface area contributed by atoms with Gasteiger partial charge in [0.1, 0.15) is 5.54 Å². The minimum Gasteiger partial charge on any atom is -0.468 e. The molecule has 0 saturated heterocycles. The van der Waals surface area contributed by atoms with Crippen molar-refractivity contribution in [2.24, 2.45) is 11.8 Å². The fourth-order valence-corrected chi connectivity index (χ4v) is 2.42. The number of ether oxygens (including phenoxy) is 1. The molecule has 2 aliphatic rings. The predicted octanol–water partition coefficient (Wildman–Crippen LogP) is 2.11. The van der Waals surface area contributed by atoms with Crippen LogP contribution in [-0.4, -0.2) is 25.2 Å². The Balaban J connectivity index is 1.88. The van der Waals surface area contributed by atoms with Crippen LogP contribution in [0.15, 0.2) is 0 Å². The van der Waals surface area contributed by atoms with Gasteiger partial charge in [-0.25, -0.2) is 0 Å². The second kappa shape index (κ2) is 4.74. The van der Waals surface area contributed by atoms with Crippen LogP contribution < -0.4 is 5.32 Å². The molecule has 16 heavy (non-hydrogen) atoms. The Kier molecular flexibility index (Phi) is 3.53. The van der Waals surface area contributed by atoms with Crippen molar-refractivity contribution in [1.82, 2.24) is 5.32 Å². The molecule has 1 N–H and O–H groups in total. The molecule has 1 atom stereocenters. The second-order valence-corrected chi connectivity index (χ2v) is 5.65. The summed E-state index contributed by atoms with van der Waals surface area (Å²) in [4.78, 5) is 11.9. The van der Waals surface area contributed by atoms with Crippen molar-refractivity contribution in [2.45, 2.75) is 51.0 Å². The molecule has 2 fully saturated rings. The summed E-state index contributed by atoms with van der Waals surface area (Å²) in [7, 11) is 1.49. The van der Waals surface area contributed by atoms with Crippen LogP contribution in [0, 0.1) is 11.8 Å². The fourth-order valence-electron chi connectivity index (χ4n) is 2.42. The minimum atomic E-state index is -0.456. The topological polar surface area (TPSA) is 38.3 Å². The van der Waals surface area contributed by atoms with E-state index in [4.69, 9.17) is 4.74 Å². The highest BCUT2D eigenvalue weighted by molar-refractivity contribution is 5.80. The van der Waals surface area contributed by atoms with Crippen molar-refractivity contribution >= 4 is 5.97 Å². The van der Waals surface area contributed by atoms with Crippen LogP contribution in [0.2, 0.25) is 0 Å². The van der Waals surface area contributed by atoms with Gasteiger partial charge in [-0.3, -0.25) is 4.79 Å². The largest absolute Gasteiger partial charge is 0.468 e.